The van der Waals surface area contributed by atoms with E-state index in [0.717, 1.165) is 43.0 Å². The van der Waals surface area contributed by atoms with Crippen LogP contribution in [0.25, 0.3) is 10.6 Å². The van der Waals surface area contributed by atoms with Gasteiger partial charge in [-0.15, -0.1) is 11.3 Å². The molecule has 0 saturated carbocycles. The van der Waals surface area contributed by atoms with E-state index in [0.29, 0.717) is 0 Å². The van der Waals surface area contributed by atoms with E-state index in [1.807, 2.05) is 18.2 Å². The lowest BCUT2D eigenvalue weighted by molar-refractivity contribution is 0.0931. The maximum Gasteiger partial charge on any atom is 0.251 e. The molecule has 3 aromatic rings. The van der Waals surface area contributed by atoms with Crippen LogP contribution in [0.3, 0.4) is 0 Å². The van der Waals surface area contributed by atoms with E-state index in [2.05, 4.69) is 70.8 Å². The molecule has 6 heteroatoms. The summed E-state index contributed by atoms with van der Waals surface area (Å²) in [6, 6.07) is 14.4. The fourth-order valence-corrected chi connectivity index (χ4v) is 4.37. The number of amides is 1. The van der Waals surface area contributed by atoms with Gasteiger partial charge in [-0.1, -0.05) is 39.0 Å². The minimum Gasteiger partial charge on any atom is -0.355 e. The largest absolute Gasteiger partial charge is 0.355 e. The van der Waals surface area contributed by atoms with Gasteiger partial charge in [-0.3, -0.25) is 9.89 Å². The van der Waals surface area contributed by atoms with E-state index < -0.39 is 0 Å². The van der Waals surface area contributed by atoms with Crippen LogP contribution in [-0.2, 0) is 5.41 Å². The van der Waals surface area contributed by atoms with Crippen molar-refractivity contribution in [2.45, 2.75) is 45.1 Å². The summed E-state index contributed by atoms with van der Waals surface area (Å²) in [5, 5.41) is 12.9. The average molecular weight is 409 g/mol. The number of benzene rings is 1. The number of piperidine rings is 1. The van der Waals surface area contributed by atoms with Crippen molar-refractivity contribution in [3.63, 3.8) is 0 Å². The predicted molar refractivity (Wildman–Crippen MR) is 120 cm³/mol. The summed E-state index contributed by atoms with van der Waals surface area (Å²) >= 11 is 1.71. The summed E-state index contributed by atoms with van der Waals surface area (Å²) in [6.45, 7) is 8.32. The Hall–Kier alpha value is -2.60. The summed E-state index contributed by atoms with van der Waals surface area (Å²) in [7, 11) is 0. The monoisotopic (exact) mass is 408 g/mol. The molecule has 0 atom stereocenters. The first-order valence-electron chi connectivity index (χ1n) is 10.2. The van der Waals surface area contributed by atoms with Crippen molar-refractivity contribution < 1.29 is 4.79 Å². The highest BCUT2D eigenvalue weighted by atomic mass is 32.1. The van der Waals surface area contributed by atoms with Crippen LogP contribution < -0.4 is 10.2 Å². The van der Waals surface area contributed by atoms with E-state index in [1.165, 1.54) is 10.4 Å². The number of rotatable bonds is 4. The van der Waals surface area contributed by atoms with Gasteiger partial charge in [0, 0.05) is 30.8 Å². The third-order valence-corrected chi connectivity index (χ3v) is 6.42. The molecule has 1 amide bonds. The zero-order chi connectivity index (χ0) is 20.4. The normalized spacial score (nSPS) is 15.5. The highest BCUT2D eigenvalue weighted by Crippen LogP contribution is 2.27. The Morgan fingerprint density at radius 3 is 2.52 bits per heavy atom. The number of carbonyl (C=O) groups excluding carboxylic acids is 1. The number of hydrogen-bond acceptors (Lipinski definition) is 4. The van der Waals surface area contributed by atoms with Crippen LogP contribution in [0.15, 0.2) is 47.8 Å². The maximum atomic E-state index is 12.6. The molecular weight excluding hydrogens is 380 g/mol. The zero-order valence-corrected chi connectivity index (χ0v) is 18.1. The van der Waals surface area contributed by atoms with Crippen LogP contribution in [0.5, 0.6) is 0 Å². The molecule has 1 aliphatic rings. The molecule has 29 heavy (non-hydrogen) atoms. The zero-order valence-electron chi connectivity index (χ0n) is 17.2. The van der Waals surface area contributed by atoms with Crippen LogP contribution in [0.4, 0.5) is 5.82 Å². The molecule has 152 valence electrons. The van der Waals surface area contributed by atoms with Crippen molar-refractivity contribution in [1.82, 2.24) is 15.5 Å². The van der Waals surface area contributed by atoms with Crippen LogP contribution >= 0.6 is 11.3 Å². The first-order chi connectivity index (χ1) is 13.9. The van der Waals surface area contributed by atoms with Crippen molar-refractivity contribution in [3.8, 4) is 10.6 Å². The fourth-order valence-electron chi connectivity index (χ4n) is 3.67. The second-order valence-electron chi connectivity index (χ2n) is 8.68. The third kappa shape index (κ3) is 4.53. The summed E-state index contributed by atoms with van der Waals surface area (Å²) in [4.78, 5) is 16.1. The molecule has 1 aliphatic heterocycles. The van der Waals surface area contributed by atoms with Gasteiger partial charge in [0.25, 0.3) is 5.91 Å². The lowest BCUT2D eigenvalue weighted by Gasteiger charge is -2.32. The molecule has 0 unspecified atom stereocenters. The Morgan fingerprint density at radius 1 is 1.17 bits per heavy atom. The molecule has 0 spiro atoms. The molecular formula is C23H28N4OS. The van der Waals surface area contributed by atoms with Gasteiger partial charge in [-0.05, 0) is 47.4 Å². The lowest BCUT2D eigenvalue weighted by atomic mass is 9.86. The van der Waals surface area contributed by atoms with Crippen molar-refractivity contribution in [3.05, 3.63) is 59.0 Å². The number of aromatic nitrogens is 2. The highest BCUT2D eigenvalue weighted by Gasteiger charge is 2.23. The minimum absolute atomic E-state index is 0.0173. The molecule has 1 aromatic carbocycles. The molecule has 0 radical (unpaired) electrons. The SMILES string of the molecule is CC(C)(C)c1ccc(C(=O)NC2CCN(c3cc(-c4cccs4)[nH]n3)CC2)cc1. The van der Waals surface area contributed by atoms with Crippen molar-refractivity contribution in [1.29, 1.82) is 0 Å². The summed E-state index contributed by atoms with van der Waals surface area (Å²) in [5.41, 5.74) is 3.12. The lowest BCUT2D eigenvalue weighted by Crippen LogP contribution is -2.44. The second kappa shape index (κ2) is 8.03. The van der Waals surface area contributed by atoms with E-state index in [9.17, 15) is 4.79 Å². The molecule has 1 saturated heterocycles. The number of thiophene rings is 1. The molecule has 4 rings (SSSR count). The minimum atomic E-state index is 0.0173. The molecule has 0 aliphatic carbocycles. The Kier molecular flexibility index (Phi) is 5.46. The predicted octanol–water partition coefficient (Wildman–Crippen LogP) is 4.83. The van der Waals surface area contributed by atoms with Gasteiger partial charge < -0.3 is 10.2 Å². The molecule has 3 heterocycles. The van der Waals surface area contributed by atoms with Crippen LogP contribution in [0.2, 0.25) is 0 Å². The van der Waals surface area contributed by atoms with Gasteiger partial charge in [0.2, 0.25) is 0 Å². The standard InChI is InChI=1S/C23H28N4OS/c1-23(2,3)17-8-6-16(7-9-17)22(28)24-18-10-12-27(13-11-18)21-15-19(25-26-21)20-5-4-14-29-20/h4-9,14-15,18H,10-13H2,1-3H3,(H,24,28)(H,25,26). The molecule has 1 fully saturated rings. The molecule has 0 bridgehead atoms. The fraction of sp³-hybridized carbons (Fsp3) is 0.391. The number of nitrogens with one attached hydrogen (secondary N) is 2. The van der Waals surface area contributed by atoms with Crippen molar-refractivity contribution >= 4 is 23.1 Å². The van der Waals surface area contributed by atoms with E-state index in [1.54, 1.807) is 11.3 Å². The van der Waals surface area contributed by atoms with E-state index in [-0.39, 0.29) is 17.4 Å². The third-order valence-electron chi connectivity index (χ3n) is 5.52. The van der Waals surface area contributed by atoms with Crippen LogP contribution in [0.1, 0.15) is 49.5 Å². The highest BCUT2D eigenvalue weighted by molar-refractivity contribution is 7.13. The van der Waals surface area contributed by atoms with Crippen LogP contribution in [0, 0.1) is 0 Å². The first-order valence-corrected chi connectivity index (χ1v) is 11.0. The van der Waals surface area contributed by atoms with Gasteiger partial charge >= 0.3 is 0 Å². The van der Waals surface area contributed by atoms with Gasteiger partial charge in [-0.25, -0.2) is 0 Å². The number of carbonyl (C=O) groups is 1. The van der Waals surface area contributed by atoms with Gasteiger partial charge in [-0.2, -0.15) is 5.10 Å². The summed E-state index contributed by atoms with van der Waals surface area (Å²) in [6.07, 6.45) is 1.85. The Balaban J connectivity index is 1.31. The van der Waals surface area contributed by atoms with Crippen LogP contribution in [-0.4, -0.2) is 35.2 Å². The Bertz CT molecular complexity index is 946. The maximum absolute atomic E-state index is 12.6. The molecule has 2 N–H and O–H groups in total. The van der Waals surface area contributed by atoms with Gasteiger partial charge in [0.1, 0.15) is 0 Å². The number of H-pyrrole nitrogens is 1. The average Bonchev–Trinajstić information content (AvgIpc) is 3.40. The first kappa shape index (κ1) is 19.7. The topological polar surface area (TPSA) is 61.0 Å². The van der Waals surface area contributed by atoms with Gasteiger partial charge in [0.05, 0.1) is 10.6 Å². The second-order valence-corrected chi connectivity index (χ2v) is 9.63. The van der Waals surface area contributed by atoms with Gasteiger partial charge in [0.15, 0.2) is 5.82 Å². The smallest absolute Gasteiger partial charge is 0.251 e. The summed E-state index contributed by atoms with van der Waals surface area (Å²) in [5.74, 6) is 1.000. The van der Waals surface area contributed by atoms with Crippen molar-refractivity contribution in [2.24, 2.45) is 0 Å². The number of aromatic amines is 1. The Labute approximate surface area is 176 Å². The number of hydrogen-bond donors (Lipinski definition) is 2. The van der Waals surface area contributed by atoms with E-state index in [4.69, 9.17) is 0 Å². The molecule has 5 nitrogen and oxygen atoms in total. The number of anilines is 1. The van der Waals surface area contributed by atoms with Crippen molar-refractivity contribution in [2.75, 3.05) is 18.0 Å². The summed E-state index contributed by atoms with van der Waals surface area (Å²) < 4.78 is 0. The number of nitrogens with zero attached hydrogens (tertiary/aromatic N) is 2. The Morgan fingerprint density at radius 2 is 1.90 bits per heavy atom. The molecule has 2 aromatic heterocycles. The quantitative estimate of drug-likeness (QED) is 0.650. The van der Waals surface area contributed by atoms with E-state index >= 15 is 0 Å².